The molecule has 0 amide bonds. The van der Waals surface area contributed by atoms with Crippen molar-refractivity contribution in [2.75, 3.05) is 6.54 Å². The molecule has 0 aliphatic carbocycles. The van der Waals surface area contributed by atoms with E-state index in [1.807, 2.05) is 50.2 Å². The topological polar surface area (TPSA) is 49.4 Å². The van der Waals surface area contributed by atoms with Crippen molar-refractivity contribution in [2.24, 2.45) is 0 Å². The highest BCUT2D eigenvalue weighted by Crippen LogP contribution is 2.39. The number of hydrogen-bond donors (Lipinski definition) is 1. The molecule has 0 bridgehead atoms. The fourth-order valence-corrected chi connectivity index (χ4v) is 4.99. The summed E-state index contributed by atoms with van der Waals surface area (Å²) in [6, 6.07) is 14.8. The van der Waals surface area contributed by atoms with Gasteiger partial charge in [0.1, 0.15) is 0 Å². The van der Waals surface area contributed by atoms with Crippen LogP contribution >= 0.6 is 11.6 Å². The lowest BCUT2D eigenvalue weighted by atomic mass is 9.90. The second-order valence-corrected chi connectivity index (χ2v) is 8.32. The molecular formula is C18H21ClN2O2S. The summed E-state index contributed by atoms with van der Waals surface area (Å²) < 4.78 is 30.0. The van der Waals surface area contributed by atoms with E-state index in [2.05, 4.69) is 10.8 Å². The van der Waals surface area contributed by atoms with Gasteiger partial charge in [-0.2, -0.15) is 17.4 Å². The summed E-state index contributed by atoms with van der Waals surface area (Å²) >= 11 is 6.40. The van der Waals surface area contributed by atoms with Crippen LogP contribution in [-0.4, -0.2) is 25.3 Å². The Bertz CT molecular complexity index is 836. The van der Waals surface area contributed by atoms with E-state index in [1.54, 1.807) is 6.07 Å². The first-order chi connectivity index (χ1) is 11.4. The monoisotopic (exact) mass is 364 g/mol. The quantitative estimate of drug-likeness (QED) is 0.902. The van der Waals surface area contributed by atoms with Gasteiger partial charge in [0.05, 0.1) is 6.04 Å². The number of benzene rings is 2. The Kier molecular flexibility index (Phi) is 4.97. The largest absolute Gasteiger partial charge is 0.280 e. The molecule has 3 rings (SSSR count). The van der Waals surface area contributed by atoms with Gasteiger partial charge in [0.15, 0.2) is 0 Å². The van der Waals surface area contributed by atoms with Crippen molar-refractivity contribution in [3.63, 3.8) is 0 Å². The van der Waals surface area contributed by atoms with Crippen molar-refractivity contribution in [3.8, 4) is 0 Å². The average Bonchev–Trinajstić information content (AvgIpc) is 2.53. The van der Waals surface area contributed by atoms with Crippen LogP contribution in [0.4, 0.5) is 0 Å². The molecule has 2 aromatic carbocycles. The maximum atomic E-state index is 12.9. The average molecular weight is 365 g/mol. The number of halogens is 1. The molecule has 1 unspecified atom stereocenters. The Morgan fingerprint density at radius 1 is 1.08 bits per heavy atom. The summed E-state index contributed by atoms with van der Waals surface area (Å²) in [5.41, 5.74) is 2.96. The van der Waals surface area contributed by atoms with Crippen molar-refractivity contribution in [3.05, 3.63) is 70.2 Å². The van der Waals surface area contributed by atoms with Crippen LogP contribution in [0.3, 0.4) is 0 Å². The first kappa shape index (κ1) is 17.4. The molecule has 0 fully saturated rings. The molecule has 128 valence electrons. The zero-order valence-electron chi connectivity index (χ0n) is 13.7. The van der Waals surface area contributed by atoms with Crippen LogP contribution in [0.5, 0.6) is 0 Å². The van der Waals surface area contributed by atoms with Crippen molar-refractivity contribution < 1.29 is 8.42 Å². The van der Waals surface area contributed by atoms with Gasteiger partial charge in [-0.3, -0.25) is 0 Å². The highest BCUT2D eigenvalue weighted by molar-refractivity contribution is 7.87. The molecule has 0 spiro atoms. The molecule has 2 aromatic rings. The molecule has 1 N–H and O–H groups in total. The zero-order chi connectivity index (χ0) is 17.3. The zero-order valence-corrected chi connectivity index (χ0v) is 15.3. The third-order valence-electron chi connectivity index (χ3n) is 4.13. The Morgan fingerprint density at radius 2 is 1.71 bits per heavy atom. The van der Waals surface area contributed by atoms with Gasteiger partial charge in [-0.1, -0.05) is 54.1 Å². The van der Waals surface area contributed by atoms with E-state index >= 15 is 0 Å². The first-order valence-electron chi connectivity index (χ1n) is 8.01. The van der Waals surface area contributed by atoms with Crippen LogP contribution in [0.15, 0.2) is 48.5 Å². The molecule has 1 aliphatic heterocycles. The van der Waals surface area contributed by atoms with Gasteiger partial charge in [0.25, 0.3) is 10.2 Å². The summed E-state index contributed by atoms with van der Waals surface area (Å²) in [6.45, 7) is 4.06. The van der Waals surface area contributed by atoms with Gasteiger partial charge in [-0.15, -0.1) is 0 Å². The second-order valence-electron chi connectivity index (χ2n) is 6.26. The standard InChI is InChI=1S/C18H21ClN2O2S/c1-13(2)20-24(22,23)21-12-11-14-7-3-4-8-15(14)18(21)16-9-5-6-10-17(16)19/h3-10,13,18,20H,11-12H2,1-2H3. The van der Waals surface area contributed by atoms with Gasteiger partial charge in [0, 0.05) is 17.6 Å². The summed E-state index contributed by atoms with van der Waals surface area (Å²) in [7, 11) is -3.61. The van der Waals surface area contributed by atoms with Crippen molar-refractivity contribution in [1.29, 1.82) is 0 Å². The van der Waals surface area contributed by atoms with Crippen LogP contribution in [-0.2, 0) is 16.6 Å². The molecule has 6 heteroatoms. The molecule has 0 aromatic heterocycles. The van der Waals surface area contributed by atoms with E-state index in [0.29, 0.717) is 18.0 Å². The lowest BCUT2D eigenvalue weighted by molar-refractivity contribution is 0.336. The summed E-state index contributed by atoms with van der Waals surface area (Å²) in [5, 5.41) is 0.573. The van der Waals surface area contributed by atoms with E-state index in [4.69, 9.17) is 11.6 Å². The van der Waals surface area contributed by atoms with Gasteiger partial charge >= 0.3 is 0 Å². The number of nitrogens with one attached hydrogen (secondary N) is 1. The van der Waals surface area contributed by atoms with Crippen LogP contribution in [0.25, 0.3) is 0 Å². The fraction of sp³-hybridized carbons (Fsp3) is 0.333. The van der Waals surface area contributed by atoms with Gasteiger partial charge in [0.2, 0.25) is 0 Å². The molecule has 4 nitrogen and oxygen atoms in total. The normalized spacial score (nSPS) is 18.6. The highest BCUT2D eigenvalue weighted by atomic mass is 35.5. The number of fused-ring (bicyclic) bond motifs is 1. The van der Waals surface area contributed by atoms with Crippen LogP contribution in [0.1, 0.15) is 36.6 Å². The maximum absolute atomic E-state index is 12.9. The fourth-order valence-electron chi connectivity index (χ4n) is 3.19. The van der Waals surface area contributed by atoms with E-state index in [0.717, 1.165) is 11.1 Å². The van der Waals surface area contributed by atoms with Gasteiger partial charge in [-0.05, 0) is 43.0 Å². The minimum absolute atomic E-state index is 0.168. The second kappa shape index (κ2) is 6.84. The third-order valence-corrected chi connectivity index (χ3v) is 6.26. The van der Waals surface area contributed by atoms with Crippen molar-refractivity contribution in [2.45, 2.75) is 32.4 Å². The lowest BCUT2D eigenvalue weighted by Crippen LogP contribution is -2.48. The lowest BCUT2D eigenvalue weighted by Gasteiger charge is -2.37. The van der Waals surface area contributed by atoms with Crippen LogP contribution in [0.2, 0.25) is 5.02 Å². The SMILES string of the molecule is CC(C)NS(=O)(=O)N1CCc2ccccc2C1c1ccccc1Cl. The Morgan fingerprint density at radius 3 is 2.38 bits per heavy atom. The number of hydrogen-bond acceptors (Lipinski definition) is 2. The summed E-state index contributed by atoms with van der Waals surface area (Å²) in [4.78, 5) is 0. The van der Waals surface area contributed by atoms with Crippen LogP contribution in [0, 0.1) is 0 Å². The molecule has 0 saturated heterocycles. The van der Waals surface area contributed by atoms with Gasteiger partial charge in [-0.25, -0.2) is 0 Å². The molecule has 1 atom stereocenters. The van der Waals surface area contributed by atoms with Crippen LogP contribution < -0.4 is 4.72 Å². The minimum Gasteiger partial charge on any atom is -0.200 e. The molecule has 0 radical (unpaired) electrons. The Balaban J connectivity index is 2.15. The van der Waals surface area contributed by atoms with E-state index in [-0.39, 0.29) is 6.04 Å². The number of rotatable bonds is 4. The molecular weight excluding hydrogens is 344 g/mol. The Labute approximate surface area is 148 Å². The summed E-state index contributed by atoms with van der Waals surface area (Å²) in [5.74, 6) is 0. The smallest absolute Gasteiger partial charge is 0.200 e. The molecule has 1 heterocycles. The van der Waals surface area contributed by atoms with Crippen molar-refractivity contribution in [1.82, 2.24) is 9.03 Å². The summed E-state index contributed by atoms with van der Waals surface area (Å²) in [6.07, 6.45) is 0.691. The minimum atomic E-state index is -3.61. The molecule has 24 heavy (non-hydrogen) atoms. The highest BCUT2D eigenvalue weighted by Gasteiger charge is 2.37. The Hall–Kier alpha value is -1.40. The number of nitrogens with zero attached hydrogens (tertiary/aromatic N) is 1. The predicted molar refractivity (Wildman–Crippen MR) is 97.3 cm³/mol. The third kappa shape index (κ3) is 3.35. The first-order valence-corrected chi connectivity index (χ1v) is 9.83. The molecule has 1 aliphatic rings. The van der Waals surface area contributed by atoms with E-state index in [9.17, 15) is 8.42 Å². The van der Waals surface area contributed by atoms with Gasteiger partial charge < -0.3 is 0 Å². The van der Waals surface area contributed by atoms with Crippen molar-refractivity contribution >= 4 is 21.8 Å². The van der Waals surface area contributed by atoms with E-state index in [1.165, 1.54) is 9.87 Å². The predicted octanol–water partition coefficient (Wildman–Crippen LogP) is 3.53. The molecule has 0 saturated carbocycles. The maximum Gasteiger partial charge on any atom is 0.280 e. The van der Waals surface area contributed by atoms with E-state index < -0.39 is 16.3 Å².